The summed E-state index contributed by atoms with van der Waals surface area (Å²) in [7, 11) is 0. The van der Waals surface area contributed by atoms with Crippen molar-refractivity contribution >= 4 is 29.1 Å². The lowest BCUT2D eigenvalue weighted by molar-refractivity contribution is 0.0946. The third kappa shape index (κ3) is 5.82. The van der Waals surface area contributed by atoms with Crippen LogP contribution in [0.4, 0.5) is 0 Å². The molecule has 0 bridgehead atoms. The average Bonchev–Trinajstić information content (AvgIpc) is 2.72. The molecule has 0 fully saturated rings. The fraction of sp³-hybridized carbons (Fsp3) is 0.190. The van der Waals surface area contributed by atoms with Crippen LogP contribution in [0.5, 0.6) is 11.6 Å². The number of nitrogens with one attached hydrogen (secondary N) is 1. The quantitative estimate of drug-likeness (QED) is 0.525. The monoisotopic (exact) mass is 431 g/mol. The Hall–Kier alpha value is -2.83. The summed E-state index contributed by atoms with van der Waals surface area (Å²) in [5, 5.41) is 11.7. The van der Waals surface area contributed by atoms with Crippen LogP contribution in [0.2, 0.25) is 10.0 Å². The van der Waals surface area contributed by atoms with Gasteiger partial charge < -0.3 is 14.8 Å². The summed E-state index contributed by atoms with van der Waals surface area (Å²) in [4.78, 5) is 12.1. The standard InChI is InChI=1S/C21H19Cl2N3O3/c1-2-28-16-6-3-14(4-7-16)19-9-10-20(26-25-19)29-12-11-24-21(27)17-8-5-15(22)13-18(17)23/h3-10,13H,2,11-12H2,1H3,(H,24,27). The molecule has 0 atom stereocenters. The van der Waals surface area contributed by atoms with E-state index < -0.39 is 0 Å². The summed E-state index contributed by atoms with van der Waals surface area (Å²) in [6.07, 6.45) is 0. The number of halogens is 2. The Morgan fingerprint density at radius 2 is 1.79 bits per heavy atom. The van der Waals surface area contributed by atoms with Crippen LogP contribution in [-0.4, -0.2) is 35.9 Å². The van der Waals surface area contributed by atoms with Gasteiger partial charge in [-0.2, -0.15) is 0 Å². The predicted molar refractivity (Wildman–Crippen MR) is 113 cm³/mol. The summed E-state index contributed by atoms with van der Waals surface area (Å²) >= 11 is 11.9. The second-order valence-electron chi connectivity index (χ2n) is 5.94. The van der Waals surface area contributed by atoms with E-state index >= 15 is 0 Å². The number of carbonyl (C=O) groups excluding carboxylic acids is 1. The first-order chi connectivity index (χ1) is 14.1. The van der Waals surface area contributed by atoms with Gasteiger partial charge in [-0.1, -0.05) is 23.2 Å². The van der Waals surface area contributed by atoms with Crippen molar-refractivity contribution in [2.24, 2.45) is 0 Å². The minimum atomic E-state index is -0.299. The molecule has 1 heterocycles. The van der Waals surface area contributed by atoms with E-state index in [2.05, 4.69) is 15.5 Å². The highest BCUT2D eigenvalue weighted by molar-refractivity contribution is 6.36. The number of ether oxygens (including phenoxy) is 2. The lowest BCUT2D eigenvalue weighted by Gasteiger charge is -2.08. The van der Waals surface area contributed by atoms with Crippen LogP contribution in [0.1, 0.15) is 17.3 Å². The smallest absolute Gasteiger partial charge is 0.252 e. The van der Waals surface area contributed by atoms with Crippen molar-refractivity contribution in [1.29, 1.82) is 0 Å². The van der Waals surface area contributed by atoms with Crippen LogP contribution in [0.15, 0.2) is 54.6 Å². The zero-order valence-electron chi connectivity index (χ0n) is 15.7. The molecular formula is C21H19Cl2N3O3. The Balaban J connectivity index is 1.48. The van der Waals surface area contributed by atoms with Gasteiger partial charge in [-0.3, -0.25) is 4.79 Å². The third-order valence-corrected chi connectivity index (χ3v) is 4.46. The molecule has 1 amide bonds. The maximum absolute atomic E-state index is 12.1. The van der Waals surface area contributed by atoms with Crippen LogP contribution in [-0.2, 0) is 0 Å². The fourth-order valence-corrected chi connectivity index (χ4v) is 3.02. The maximum atomic E-state index is 12.1. The van der Waals surface area contributed by atoms with Crippen LogP contribution in [0, 0.1) is 0 Å². The van der Waals surface area contributed by atoms with Crippen molar-refractivity contribution in [3.8, 4) is 22.9 Å². The van der Waals surface area contributed by atoms with Crippen LogP contribution < -0.4 is 14.8 Å². The molecule has 0 radical (unpaired) electrons. The SMILES string of the molecule is CCOc1ccc(-c2ccc(OCCNC(=O)c3ccc(Cl)cc3Cl)nn2)cc1. The van der Waals surface area contributed by atoms with Crippen molar-refractivity contribution in [3.05, 3.63) is 70.2 Å². The summed E-state index contributed by atoms with van der Waals surface area (Å²) in [6.45, 7) is 3.10. The molecule has 1 aromatic heterocycles. The van der Waals surface area contributed by atoms with Crippen molar-refractivity contribution in [2.45, 2.75) is 6.92 Å². The molecule has 3 aromatic rings. The van der Waals surface area contributed by atoms with E-state index in [1.165, 1.54) is 6.07 Å². The number of hydrogen-bond acceptors (Lipinski definition) is 5. The Morgan fingerprint density at radius 3 is 2.45 bits per heavy atom. The molecule has 0 saturated carbocycles. The van der Waals surface area contributed by atoms with Gasteiger partial charge in [0.15, 0.2) is 0 Å². The van der Waals surface area contributed by atoms with E-state index in [0.29, 0.717) is 34.6 Å². The summed E-state index contributed by atoms with van der Waals surface area (Å²) in [6, 6.07) is 15.9. The molecule has 0 aliphatic rings. The first kappa shape index (κ1) is 20.9. The van der Waals surface area contributed by atoms with Gasteiger partial charge in [0.2, 0.25) is 5.88 Å². The van der Waals surface area contributed by atoms with Gasteiger partial charge in [0.05, 0.1) is 29.4 Å². The Kier molecular flexibility index (Phi) is 7.27. The molecular weight excluding hydrogens is 413 g/mol. The molecule has 8 heteroatoms. The van der Waals surface area contributed by atoms with Gasteiger partial charge in [-0.15, -0.1) is 10.2 Å². The number of hydrogen-bond donors (Lipinski definition) is 1. The molecule has 6 nitrogen and oxygen atoms in total. The highest BCUT2D eigenvalue weighted by atomic mass is 35.5. The van der Waals surface area contributed by atoms with Gasteiger partial charge in [0.1, 0.15) is 12.4 Å². The molecule has 0 aliphatic heterocycles. The van der Waals surface area contributed by atoms with Gasteiger partial charge in [0.25, 0.3) is 5.91 Å². The summed E-state index contributed by atoms with van der Waals surface area (Å²) in [5.41, 5.74) is 2.02. The van der Waals surface area contributed by atoms with Crippen molar-refractivity contribution in [3.63, 3.8) is 0 Å². The summed E-state index contributed by atoms with van der Waals surface area (Å²) in [5.74, 6) is 0.886. The number of nitrogens with zero attached hydrogens (tertiary/aromatic N) is 2. The van der Waals surface area contributed by atoms with Crippen molar-refractivity contribution in [2.75, 3.05) is 19.8 Å². The number of rotatable bonds is 8. The molecule has 0 unspecified atom stereocenters. The van der Waals surface area contributed by atoms with E-state index in [-0.39, 0.29) is 12.5 Å². The first-order valence-corrected chi connectivity index (χ1v) is 9.75. The van der Waals surface area contributed by atoms with Crippen LogP contribution in [0.25, 0.3) is 11.3 Å². The molecule has 1 N–H and O–H groups in total. The minimum absolute atomic E-state index is 0.244. The van der Waals surface area contributed by atoms with E-state index in [1.54, 1.807) is 18.2 Å². The van der Waals surface area contributed by atoms with Crippen molar-refractivity contribution < 1.29 is 14.3 Å². The van der Waals surface area contributed by atoms with E-state index in [0.717, 1.165) is 17.0 Å². The number of amides is 1. The molecule has 0 spiro atoms. The highest BCUT2D eigenvalue weighted by Crippen LogP contribution is 2.22. The minimum Gasteiger partial charge on any atom is -0.494 e. The molecule has 0 saturated heterocycles. The zero-order chi connectivity index (χ0) is 20.6. The van der Waals surface area contributed by atoms with Gasteiger partial charge >= 0.3 is 0 Å². The van der Waals surface area contributed by atoms with Gasteiger partial charge in [0, 0.05) is 16.7 Å². The Morgan fingerprint density at radius 1 is 1.00 bits per heavy atom. The largest absolute Gasteiger partial charge is 0.494 e. The summed E-state index contributed by atoms with van der Waals surface area (Å²) < 4.78 is 10.9. The molecule has 0 aliphatic carbocycles. The van der Waals surface area contributed by atoms with E-state index in [4.69, 9.17) is 32.7 Å². The normalized spacial score (nSPS) is 10.4. The third-order valence-electron chi connectivity index (χ3n) is 3.91. The van der Waals surface area contributed by atoms with Crippen molar-refractivity contribution in [1.82, 2.24) is 15.5 Å². The second-order valence-corrected chi connectivity index (χ2v) is 6.79. The molecule has 2 aromatic carbocycles. The van der Waals surface area contributed by atoms with Gasteiger partial charge in [-0.25, -0.2) is 0 Å². The molecule has 3 rings (SSSR count). The number of benzene rings is 2. The molecule has 29 heavy (non-hydrogen) atoms. The molecule has 150 valence electrons. The van der Waals surface area contributed by atoms with Crippen LogP contribution in [0.3, 0.4) is 0 Å². The Labute approximate surface area is 178 Å². The van der Waals surface area contributed by atoms with E-state index in [9.17, 15) is 4.79 Å². The van der Waals surface area contributed by atoms with Crippen LogP contribution >= 0.6 is 23.2 Å². The lowest BCUT2D eigenvalue weighted by Crippen LogP contribution is -2.28. The topological polar surface area (TPSA) is 73.3 Å². The second kappa shape index (κ2) is 10.1. The zero-order valence-corrected chi connectivity index (χ0v) is 17.2. The number of carbonyl (C=O) groups is 1. The Bertz CT molecular complexity index is 964. The van der Waals surface area contributed by atoms with Gasteiger partial charge in [-0.05, 0) is 55.5 Å². The maximum Gasteiger partial charge on any atom is 0.252 e. The predicted octanol–water partition coefficient (Wildman–Crippen LogP) is 4.66. The van der Waals surface area contributed by atoms with E-state index in [1.807, 2.05) is 37.3 Å². The lowest BCUT2D eigenvalue weighted by atomic mass is 10.1. The average molecular weight is 432 g/mol. The first-order valence-electron chi connectivity index (χ1n) is 9.00. The number of aromatic nitrogens is 2. The highest BCUT2D eigenvalue weighted by Gasteiger charge is 2.10. The fourth-order valence-electron chi connectivity index (χ4n) is 2.53.